The van der Waals surface area contributed by atoms with Gasteiger partial charge in [0.2, 0.25) is 0 Å². The molecule has 0 spiro atoms. The van der Waals surface area contributed by atoms with Crippen molar-refractivity contribution in [3.8, 4) is 17.3 Å². The molecular weight excluding hydrogens is 687 g/mol. The third-order valence-electron chi connectivity index (χ3n) is 7.44. The first-order chi connectivity index (χ1) is 19.4. The van der Waals surface area contributed by atoms with Crippen LogP contribution in [-0.2, 0) is 26.5 Å². The van der Waals surface area contributed by atoms with E-state index < -0.39 is 0 Å². The number of anilines is 3. The predicted octanol–water partition coefficient (Wildman–Crippen LogP) is 8.57. The zero-order valence-electron chi connectivity index (χ0n) is 23.3. The molecule has 41 heavy (non-hydrogen) atoms. The summed E-state index contributed by atoms with van der Waals surface area (Å²) >= 11 is 0. The summed E-state index contributed by atoms with van der Waals surface area (Å²) in [6, 6.07) is 38.0. The fraction of sp³-hybridized carbons (Fsp3) is 0.143. The molecule has 0 radical (unpaired) electrons. The second kappa shape index (κ2) is 10.4. The minimum atomic E-state index is 0. The van der Waals surface area contributed by atoms with Crippen LogP contribution in [0, 0.1) is 18.8 Å². The Hall–Kier alpha value is -4.08. The van der Waals surface area contributed by atoms with Crippen molar-refractivity contribution < 1.29 is 25.8 Å². The SMILES string of the molecule is CN1[CH-]N(c2[c-]c(Oc3[c-]c4c(cc3)c3ccccc3n4-c3cc(C(C)(C)C)ccn3)ccc2)c2ccccc21.[Pt]. The normalized spacial score (nSPS) is 13.0. The zero-order valence-corrected chi connectivity index (χ0v) is 25.6. The molecule has 0 N–H and O–H groups in total. The van der Waals surface area contributed by atoms with Crippen LogP contribution in [0.3, 0.4) is 0 Å². The first-order valence-electron chi connectivity index (χ1n) is 13.5. The van der Waals surface area contributed by atoms with Crippen LogP contribution in [0.25, 0.3) is 27.6 Å². The van der Waals surface area contributed by atoms with Crippen LogP contribution in [0.4, 0.5) is 17.1 Å². The van der Waals surface area contributed by atoms with Gasteiger partial charge in [0.05, 0.1) is 0 Å². The van der Waals surface area contributed by atoms with Crippen LogP contribution >= 0.6 is 0 Å². The number of fused-ring (bicyclic) bond motifs is 4. The van der Waals surface area contributed by atoms with Crippen molar-refractivity contribution in [1.29, 1.82) is 0 Å². The molecule has 0 aliphatic carbocycles. The third kappa shape index (κ3) is 4.79. The number of rotatable bonds is 4. The fourth-order valence-electron chi connectivity index (χ4n) is 5.39. The first-order valence-corrected chi connectivity index (χ1v) is 13.5. The molecule has 2 aromatic heterocycles. The Bertz CT molecular complexity index is 1890. The van der Waals surface area contributed by atoms with E-state index in [2.05, 4.69) is 128 Å². The molecule has 1 aliphatic heterocycles. The maximum Gasteiger partial charge on any atom is 0.135 e. The van der Waals surface area contributed by atoms with Gasteiger partial charge in [-0.1, -0.05) is 56.6 Å². The van der Waals surface area contributed by atoms with Crippen LogP contribution in [-0.4, -0.2) is 16.6 Å². The minimum absolute atomic E-state index is 0. The minimum Gasteiger partial charge on any atom is -0.509 e. The Morgan fingerprint density at radius 3 is 2.37 bits per heavy atom. The standard InChI is InChI=1S/C35H29N4O.Pt/c1-35(2,3)24-18-19-36-34(20-24)39-30-13-6-5-12-28(30)29-17-16-27(22-33(29)39)40-26-11-9-10-25(21-26)38-23-37(4)31-14-7-8-15-32(31)38;/h5-20,23H,1-4H3;/q-3;. The van der Waals surface area contributed by atoms with Gasteiger partial charge in [-0.15, -0.1) is 41.4 Å². The molecule has 0 atom stereocenters. The zero-order chi connectivity index (χ0) is 27.4. The Morgan fingerprint density at radius 1 is 0.780 bits per heavy atom. The summed E-state index contributed by atoms with van der Waals surface area (Å²) in [5, 5.41) is 2.26. The van der Waals surface area contributed by atoms with Gasteiger partial charge in [-0.2, -0.15) is 18.8 Å². The summed E-state index contributed by atoms with van der Waals surface area (Å²) in [7, 11) is 2.05. The van der Waals surface area contributed by atoms with Crippen LogP contribution in [0.5, 0.6) is 11.5 Å². The Balaban J connectivity index is 0.00000302. The molecular formula is C35H29N4OPt-3. The molecule has 0 fully saturated rings. The van der Waals surface area contributed by atoms with Gasteiger partial charge in [0, 0.05) is 55.7 Å². The summed E-state index contributed by atoms with van der Waals surface area (Å²) in [6.07, 6.45) is 1.89. The van der Waals surface area contributed by atoms with E-state index in [9.17, 15) is 0 Å². The molecule has 3 heterocycles. The van der Waals surface area contributed by atoms with E-state index in [1.165, 1.54) is 5.56 Å². The molecule has 5 nitrogen and oxygen atoms in total. The van der Waals surface area contributed by atoms with E-state index in [-0.39, 0.29) is 26.5 Å². The summed E-state index contributed by atoms with van der Waals surface area (Å²) in [4.78, 5) is 9.01. The second-order valence-corrected chi connectivity index (χ2v) is 11.2. The molecule has 6 aromatic rings. The fourth-order valence-corrected chi connectivity index (χ4v) is 5.39. The number of hydrogen-bond donors (Lipinski definition) is 0. The third-order valence-corrected chi connectivity index (χ3v) is 7.44. The van der Waals surface area contributed by atoms with Crippen LogP contribution in [0.15, 0.2) is 97.2 Å². The summed E-state index contributed by atoms with van der Waals surface area (Å²) in [5.41, 5.74) is 6.43. The average molecular weight is 717 g/mol. The van der Waals surface area contributed by atoms with Gasteiger partial charge in [0.1, 0.15) is 5.82 Å². The summed E-state index contributed by atoms with van der Waals surface area (Å²) in [6.45, 7) is 8.72. The average Bonchev–Trinajstić information content (AvgIpc) is 3.47. The smallest absolute Gasteiger partial charge is 0.135 e. The molecule has 1 aliphatic rings. The van der Waals surface area contributed by atoms with Gasteiger partial charge in [0.15, 0.2) is 0 Å². The van der Waals surface area contributed by atoms with Crippen LogP contribution in [0.2, 0.25) is 0 Å². The van der Waals surface area contributed by atoms with Gasteiger partial charge in [-0.05, 0) is 53.7 Å². The van der Waals surface area contributed by atoms with Crippen molar-refractivity contribution in [2.45, 2.75) is 26.2 Å². The summed E-state index contributed by atoms with van der Waals surface area (Å²) in [5.74, 6) is 2.12. The van der Waals surface area contributed by atoms with E-state index in [4.69, 9.17) is 9.72 Å². The molecule has 0 saturated heterocycles. The van der Waals surface area contributed by atoms with Crippen molar-refractivity contribution in [2.24, 2.45) is 0 Å². The van der Waals surface area contributed by atoms with Crippen LogP contribution in [0.1, 0.15) is 26.3 Å². The number of ether oxygens (including phenoxy) is 1. The van der Waals surface area contributed by atoms with Crippen molar-refractivity contribution >= 4 is 38.9 Å². The number of para-hydroxylation sites is 3. The Labute approximate surface area is 255 Å². The maximum absolute atomic E-state index is 6.37. The van der Waals surface area contributed by atoms with E-state index >= 15 is 0 Å². The van der Waals surface area contributed by atoms with Gasteiger partial charge in [0.25, 0.3) is 0 Å². The number of nitrogens with zero attached hydrogens (tertiary/aromatic N) is 4. The molecule has 7 rings (SSSR count). The van der Waals surface area contributed by atoms with Crippen molar-refractivity contribution in [3.05, 3.63) is 122 Å². The Morgan fingerprint density at radius 2 is 1.54 bits per heavy atom. The van der Waals surface area contributed by atoms with Gasteiger partial charge >= 0.3 is 0 Å². The van der Waals surface area contributed by atoms with Gasteiger partial charge in [-0.25, -0.2) is 4.98 Å². The molecule has 0 unspecified atom stereocenters. The van der Waals surface area contributed by atoms with Gasteiger partial charge in [-0.3, -0.25) is 0 Å². The van der Waals surface area contributed by atoms with Crippen molar-refractivity contribution in [2.75, 3.05) is 16.8 Å². The molecule has 0 saturated carbocycles. The topological polar surface area (TPSA) is 33.5 Å². The first kappa shape index (κ1) is 27.1. The number of hydrogen-bond acceptors (Lipinski definition) is 4. The maximum atomic E-state index is 6.37. The van der Waals surface area contributed by atoms with Gasteiger partial charge < -0.3 is 19.1 Å². The van der Waals surface area contributed by atoms with Crippen molar-refractivity contribution in [3.63, 3.8) is 0 Å². The van der Waals surface area contributed by atoms with E-state index in [0.717, 1.165) is 44.7 Å². The predicted molar refractivity (Wildman–Crippen MR) is 163 cm³/mol. The molecule has 0 bridgehead atoms. The number of pyridine rings is 1. The monoisotopic (exact) mass is 716 g/mol. The Kier molecular flexibility index (Phi) is 6.87. The summed E-state index contributed by atoms with van der Waals surface area (Å²) < 4.78 is 8.55. The molecule has 208 valence electrons. The molecule has 6 heteroatoms. The molecule has 0 amide bonds. The quantitative estimate of drug-likeness (QED) is 0.171. The second-order valence-electron chi connectivity index (χ2n) is 11.2. The van der Waals surface area contributed by atoms with E-state index in [0.29, 0.717) is 11.5 Å². The number of benzene rings is 4. The van der Waals surface area contributed by atoms with E-state index in [1.807, 2.05) is 30.5 Å². The van der Waals surface area contributed by atoms with Crippen LogP contribution < -0.4 is 14.5 Å². The number of aromatic nitrogens is 2. The van der Waals surface area contributed by atoms with Crippen molar-refractivity contribution in [1.82, 2.24) is 9.55 Å². The largest absolute Gasteiger partial charge is 0.509 e. The molecule has 4 aromatic carbocycles. The van der Waals surface area contributed by atoms with E-state index in [1.54, 1.807) is 0 Å².